The molecule has 0 spiro atoms. The van der Waals surface area contributed by atoms with Crippen molar-refractivity contribution in [3.63, 3.8) is 0 Å². The average Bonchev–Trinajstić information content (AvgIpc) is 4.11. The second-order valence-electron chi connectivity index (χ2n) is 18.9. The molecule has 0 saturated carbocycles. The lowest BCUT2D eigenvalue weighted by molar-refractivity contribution is 0.677. The molecule has 73 heavy (non-hydrogen) atoms. The summed E-state index contributed by atoms with van der Waals surface area (Å²) in [4.78, 5) is 4.68. The van der Waals surface area contributed by atoms with Gasteiger partial charge in [0.1, 0.15) is 11.2 Å². The van der Waals surface area contributed by atoms with Gasteiger partial charge in [-0.1, -0.05) is 133 Å². The summed E-state index contributed by atoms with van der Waals surface area (Å²) in [5, 5.41) is 11.3. The van der Waals surface area contributed by atoms with Crippen molar-refractivity contribution >= 4 is 121 Å². The fourth-order valence-corrected chi connectivity index (χ4v) is 11.5. The fraction of sp³-hybridized carbons (Fsp3) is 0. The zero-order chi connectivity index (χ0) is 48.0. The summed E-state index contributed by atoms with van der Waals surface area (Å²) in [7, 11) is 0. The van der Waals surface area contributed by atoms with Gasteiger partial charge in [-0.15, -0.1) is 0 Å². The van der Waals surface area contributed by atoms with E-state index in [-0.39, 0.29) is 0 Å². The minimum absolute atomic E-state index is 0.866. The third-order valence-corrected chi connectivity index (χ3v) is 14.8. The van der Waals surface area contributed by atoms with Crippen LogP contribution >= 0.6 is 0 Å². The molecule has 0 amide bonds. The van der Waals surface area contributed by atoms with Crippen LogP contribution in [-0.4, -0.2) is 9.13 Å². The molecule has 342 valence electrons. The van der Waals surface area contributed by atoms with E-state index in [4.69, 9.17) is 4.42 Å². The van der Waals surface area contributed by atoms with Gasteiger partial charge in [-0.25, -0.2) is 0 Å². The number of fused-ring (bicyclic) bond motifs is 13. The van der Waals surface area contributed by atoms with Gasteiger partial charge in [-0.3, -0.25) is 0 Å². The normalized spacial score (nSPS) is 11.8. The van der Waals surface area contributed by atoms with E-state index in [1.807, 2.05) is 0 Å². The first kappa shape index (κ1) is 41.0. The molecule has 0 saturated heterocycles. The van der Waals surface area contributed by atoms with Gasteiger partial charge in [0.25, 0.3) is 0 Å². The van der Waals surface area contributed by atoms with Gasteiger partial charge < -0.3 is 23.4 Å². The van der Waals surface area contributed by atoms with Crippen LogP contribution in [0.5, 0.6) is 0 Å². The third-order valence-electron chi connectivity index (χ3n) is 14.8. The van der Waals surface area contributed by atoms with E-state index < -0.39 is 0 Å². The molecule has 0 aliphatic carbocycles. The van der Waals surface area contributed by atoms with E-state index in [0.717, 1.165) is 111 Å². The van der Waals surface area contributed by atoms with Crippen LogP contribution in [0.25, 0.3) is 98.5 Å². The molecule has 0 N–H and O–H groups in total. The highest BCUT2D eigenvalue weighted by Crippen LogP contribution is 2.48. The molecule has 0 bridgehead atoms. The Bertz CT molecular complexity index is 4240. The largest absolute Gasteiger partial charge is 0.455 e. The Kier molecular flexibility index (Phi) is 9.19. The molecule has 5 heteroatoms. The van der Waals surface area contributed by atoms with Crippen molar-refractivity contribution < 1.29 is 4.42 Å². The van der Waals surface area contributed by atoms with Crippen LogP contribution < -0.4 is 9.80 Å². The Morgan fingerprint density at radius 3 is 0.973 bits per heavy atom. The van der Waals surface area contributed by atoms with Crippen LogP contribution in [0.3, 0.4) is 0 Å². The maximum Gasteiger partial charge on any atom is 0.145 e. The quantitative estimate of drug-likeness (QED) is 0.152. The number of aromatic nitrogens is 2. The fourth-order valence-electron chi connectivity index (χ4n) is 11.5. The Morgan fingerprint density at radius 2 is 0.589 bits per heavy atom. The molecule has 0 fully saturated rings. The lowest BCUT2D eigenvalue weighted by atomic mass is 10.0. The zero-order valence-electron chi connectivity index (χ0n) is 39.6. The van der Waals surface area contributed by atoms with E-state index in [1.54, 1.807) is 0 Å². The maximum atomic E-state index is 7.62. The first-order valence-corrected chi connectivity index (χ1v) is 24.9. The highest BCUT2D eigenvalue weighted by molar-refractivity contribution is 6.29. The van der Waals surface area contributed by atoms with E-state index >= 15 is 0 Å². The van der Waals surface area contributed by atoms with Crippen molar-refractivity contribution in [3.8, 4) is 11.4 Å². The number of hydrogen-bond acceptors (Lipinski definition) is 3. The third kappa shape index (κ3) is 6.49. The summed E-state index contributed by atoms with van der Waals surface area (Å²) in [6.07, 6.45) is 0. The summed E-state index contributed by atoms with van der Waals surface area (Å²) >= 11 is 0. The minimum Gasteiger partial charge on any atom is -0.455 e. The number of furan rings is 1. The smallest absolute Gasteiger partial charge is 0.145 e. The van der Waals surface area contributed by atoms with Crippen molar-refractivity contribution in [2.75, 3.05) is 9.80 Å². The summed E-state index contributed by atoms with van der Waals surface area (Å²) in [5.74, 6) is 0. The molecule has 0 atom stereocenters. The molecule has 0 aliphatic heterocycles. The lowest BCUT2D eigenvalue weighted by Crippen LogP contribution is -2.09. The van der Waals surface area contributed by atoms with Gasteiger partial charge in [0.05, 0.1) is 32.8 Å². The minimum atomic E-state index is 0.866. The Labute approximate surface area is 420 Å². The predicted molar refractivity (Wildman–Crippen MR) is 307 cm³/mol. The van der Waals surface area contributed by atoms with Gasteiger partial charge in [0, 0.05) is 67.0 Å². The maximum absolute atomic E-state index is 7.62. The molecule has 0 radical (unpaired) electrons. The molecule has 15 rings (SSSR count). The monoisotopic (exact) mass is 932 g/mol. The molecule has 12 aromatic carbocycles. The number of anilines is 6. The highest BCUT2D eigenvalue weighted by atomic mass is 16.3. The number of para-hydroxylation sites is 4. The van der Waals surface area contributed by atoms with Crippen molar-refractivity contribution in [2.24, 2.45) is 0 Å². The molecule has 0 unspecified atom stereocenters. The second-order valence-corrected chi connectivity index (χ2v) is 18.9. The lowest BCUT2D eigenvalue weighted by Gasteiger charge is -2.25. The van der Waals surface area contributed by atoms with E-state index in [0.29, 0.717) is 0 Å². The SMILES string of the molecule is c1ccc(N(c2ccccc2)c2ccc3c(c2)c2c4oc5c(ccc6c5c5cc(N(c7ccccc7)c7ccccc7)ccc5n6-c5ccc6ccccc6c5)c4ccc2n3-c2ccc3ccccc3c2)cc1. The van der Waals surface area contributed by atoms with Gasteiger partial charge in [-0.2, -0.15) is 0 Å². The van der Waals surface area contributed by atoms with Crippen LogP contribution in [0, 0.1) is 0 Å². The summed E-state index contributed by atoms with van der Waals surface area (Å²) in [6, 6.07) is 96.3. The van der Waals surface area contributed by atoms with Gasteiger partial charge >= 0.3 is 0 Å². The van der Waals surface area contributed by atoms with Crippen molar-refractivity contribution in [1.29, 1.82) is 0 Å². The number of benzene rings is 12. The van der Waals surface area contributed by atoms with E-state index in [1.165, 1.54) is 21.5 Å². The standard InChI is InChI=1S/C68H44N4O/c1-5-21-49(22-6-1)69(50-23-7-2-8-24-50)55-33-37-61-59(43-55)65-63(71(61)53-31-29-45-17-13-15-19-47(45)41-53)39-35-57-58-36-40-64-66(68(58)73-67(57)65)60-44-56(70(51-25-9-3-10-26-51)52-27-11-4-12-28-52)34-38-62(60)72(64)54-32-30-46-18-14-16-20-48(46)42-54/h1-44H. The molecule has 0 aliphatic rings. The Hall–Kier alpha value is -9.84. The van der Waals surface area contributed by atoms with Crippen LogP contribution in [0.2, 0.25) is 0 Å². The molecular formula is C68H44N4O. The molecule has 5 nitrogen and oxygen atoms in total. The van der Waals surface area contributed by atoms with Crippen LogP contribution in [0.15, 0.2) is 271 Å². The topological polar surface area (TPSA) is 29.5 Å². The number of nitrogens with zero attached hydrogens (tertiary/aromatic N) is 4. The molecule has 15 aromatic rings. The van der Waals surface area contributed by atoms with Crippen molar-refractivity contribution in [2.45, 2.75) is 0 Å². The zero-order valence-corrected chi connectivity index (χ0v) is 39.6. The van der Waals surface area contributed by atoms with Gasteiger partial charge in [0.2, 0.25) is 0 Å². The van der Waals surface area contributed by atoms with Crippen LogP contribution in [0.4, 0.5) is 34.1 Å². The second kappa shape index (κ2) is 16.4. The van der Waals surface area contributed by atoms with E-state index in [2.05, 4.69) is 286 Å². The van der Waals surface area contributed by atoms with Crippen LogP contribution in [-0.2, 0) is 0 Å². The molecular weight excluding hydrogens is 889 g/mol. The van der Waals surface area contributed by atoms with E-state index in [9.17, 15) is 0 Å². The van der Waals surface area contributed by atoms with Crippen molar-refractivity contribution in [3.05, 3.63) is 267 Å². The number of hydrogen-bond donors (Lipinski definition) is 0. The predicted octanol–water partition coefficient (Wildman–Crippen LogP) is 19.0. The first-order chi connectivity index (χ1) is 36.2. The van der Waals surface area contributed by atoms with Crippen LogP contribution in [0.1, 0.15) is 0 Å². The Balaban J connectivity index is 1.04. The average molecular weight is 933 g/mol. The van der Waals surface area contributed by atoms with Gasteiger partial charge in [-0.05, 0) is 155 Å². The summed E-state index contributed by atoms with van der Waals surface area (Å²) in [6.45, 7) is 0. The molecule has 3 heterocycles. The van der Waals surface area contributed by atoms with Gasteiger partial charge in [0.15, 0.2) is 0 Å². The first-order valence-electron chi connectivity index (χ1n) is 24.9. The summed E-state index contributed by atoms with van der Waals surface area (Å²) < 4.78 is 12.4. The number of rotatable bonds is 8. The highest BCUT2D eigenvalue weighted by Gasteiger charge is 2.25. The molecule has 3 aromatic heterocycles. The van der Waals surface area contributed by atoms with Crippen molar-refractivity contribution in [1.82, 2.24) is 9.13 Å². The summed E-state index contributed by atoms with van der Waals surface area (Å²) in [5.41, 5.74) is 14.8. The Morgan fingerprint density at radius 1 is 0.247 bits per heavy atom.